The minimum atomic E-state index is -0.512. The van der Waals surface area contributed by atoms with Crippen LogP contribution in [-0.2, 0) is 4.74 Å². The quantitative estimate of drug-likeness (QED) is 0.847. The van der Waals surface area contributed by atoms with Crippen molar-refractivity contribution in [3.63, 3.8) is 0 Å². The maximum atomic E-state index is 11.8. The summed E-state index contributed by atoms with van der Waals surface area (Å²) in [7, 11) is 0. The molecule has 0 aliphatic heterocycles. The van der Waals surface area contributed by atoms with Crippen LogP contribution in [0.25, 0.3) is 10.9 Å². The van der Waals surface area contributed by atoms with Gasteiger partial charge < -0.3 is 9.72 Å². The topological polar surface area (TPSA) is 54.4 Å². The van der Waals surface area contributed by atoms with E-state index in [-0.39, 0.29) is 5.92 Å². The summed E-state index contributed by atoms with van der Waals surface area (Å²) in [5.41, 5.74) is 2.79. The molecule has 0 unspecified atom stereocenters. The molecule has 1 aromatic carbocycles. The molecule has 0 saturated carbocycles. The number of aromatic amines is 1. The molecule has 21 heavy (non-hydrogen) atoms. The Kier molecular flexibility index (Phi) is 4.78. The number of aromatic nitrogens is 1. The predicted octanol–water partition coefficient (Wildman–Crippen LogP) is 4.41. The molecule has 112 valence electrons. The van der Waals surface area contributed by atoms with E-state index < -0.39 is 6.09 Å². The Balaban J connectivity index is 2.27. The second-order valence-electron chi connectivity index (χ2n) is 5.90. The summed E-state index contributed by atoms with van der Waals surface area (Å²) in [6, 6.07) is 8.03. The largest absolute Gasteiger partial charge is 0.448 e. The molecular formula is C17H22N2O2. The number of hydrogen-bond acceptors (Lipinski definition) is 2. The van der Waals surface area contributed by atoms with E-state index in [0.717, 1.165) is 22.2 Å². The highest BCUT2D eigenvalue weighted by Crippen LogP contribution is 2.18. The van der Waals surface area contributed by atoms with Crippen LogP contribution in [0.1, 0.15) is 33.3 Å². The molecule has 4 heteroatoms. The van der Waals surface area contributed by atoms with Gasteiger partial charge in [-0.15, -0.1) is 0 Å². The number of hydrogen-bond donors (Lipinski definition) is 1. The van der Waals surface area contributed by atoms with Crippen LogP contribution < -0.4 is 0 Å². The van der Waals surface area contributed by atoms with Crippen LogP contribution in [0.2, 0.25) is 0 Å². The number of nitrogens with zero attached hydrogens (tertiary/aromatic N) is 1. The molecule has 0 aliphatic carbocycles. The highest BCUT2D eigenvalue weighted by atomic mass is 16.5. The van der Waals surface area contributed by atoms with E-state index in [4.69, 9.17) is 4.74 Å². The van der Waals surface area contributed by atoms with Gasteiger partial charge in [0.25, 0.3) is 0 Å². The van der Waals surface area contributed by atoms with Gasteiger partial charge in [-0.05, 0) is 35.6 Å². The molecule has 0 bridgehead atoms. The van der Waals surface area contributed by atoms with Gasteiger partial charge in [0.15, 0.2) is 0 Å². The molecular weight excluding hydrogens is 264 g/mol. The molecule has 1 N–H and O–H groups in total. The Labute approximate surface area is 125 Å². The predicted molar refractivity (Wildman–Crippen MR) is 85.9 cm³/mol. The van der Waals surface area contributed by atoms with Crippen molar-refractivity contribution in [3.05, 3.63) is 36.0 Å². The zero-order valence-corrected chi connectivity index (χ0v) is 13.0. The lowest BCUT2D eigenvalue weighted by Crippen LogP contribution is -2.14. The Hall–Kier alpha value is -2.10. The van der Waals surface area contributed by atoms with Crippen molar-refractivity contribution >= 4 is 22.7 Å². The first-order valence-corrected chi connectivity index (χ1v) is 7.30. The van der Waals surface area contributed by atoms with Crippen LogP contribution in [0.3, 0.4) is 0 Å². The number of nitrogens with one attached hydrogen (secondary N) is 1. The standard InChI is InChI=1S/C17H22N2O2/c1-11(2)10-21-17(20)19-16(12(3)4)14-5-6-15-13(9-14)7-8-18-15/h5-9,11-12,18H,10H2,1-4H3/b19-16-. The third kappa shape index (κ3) is 3.94. The van der Waals surface area contributed by atoms with E-state index in [9.17, 15) is 4.79 Å². The molecule has 0 saturated heterocycles. The third-order valence-electron chi connectivity index (χ3n) is 3.15. The van der Waals surface area contributed by atoms with Gasteiger partial charge in [-0.1, -0.05) is 33.8 Å². The maximum Gasteiger partial charge on any atom is 0.433 e. The summed E-state index contributed by atoms with van der Waals surface area (Å²) in [4.78, 5) is 19.1. The van der Waals surface area contributed by atoms with E-state index in [1.54, 1.807) is 0 Å². The summed E-state index contributed by atoms with van der Waals surface area (Å²) in [6.45, 7) is 8.44. The zero-order chi connectivity index (χ0) is 15.4. The highest BCUT2D eigenvalue weighted by Gasteiger charge is 2.13. The zero-order valence-electron chi connectivity index (χ0n) is 13.0. The minimum absolute atomic E-state index is 0.146. The van der Waals surface area contributed by atoms with E-state index in [2.05, 4.69) is 9.98 Å². The SMILES string of the molecule is CC(C)COC(=O)/N=C(\c1ccc2[nH]ccc2c1)C(C)C. The number of fused-ring (bicyclic) bond motifs is 1. The van der Waals surface area contributed by atoms with Gasteiger partial charge in [0.05, 0.1) is 12.3 Å². The van der Waals surface area contributed by atoms with Crippen molar-refractivity contribution in [2.24, 2.45) is 16.8 Å². The van der Waals surface area contributed by atoms with E-state index in [1.165, 1.54) is 0 Å². The van der Waals surface area contributed by atoms with E-state index in [0.29, 0.717) is 12.5 Å². The smallest absolute Gasteiger partial charge is 0.433 e. The molecule has 0 fully saturated rings. The fourth-order valence-electron chi connectivity index (χ4n) is 2.11. The number of H-pyrrole nitrogens is 1. The number of rotatable bonds is 4. The number of amides is 1. The van der Waals surface area contributed by atoms with Gasteiger partial charge in [-0.25, -0.2) is 4.79 Å². The second kappa shape index (κ2) is 6.57. The first-order chi connectivity index (χ1) is 9.97. The van der Waals surface area contributed by atoms with E-state index >= 15 is 0 Å². The Morgan fingerprint density at radius 1 is 1.24 bits per heavy atom. The van der Waals surface area contributed by atoms with Gasteiger partial charge in [0.1, 0.15) is 0 Å². The number of benzene rings is 1. The fourth-order valence-corrected chi connectivity index (χ4v) is 2.11. The van der Waals surface area contributed by atoms with Gasteiger partial charge in [0, 0.05) is 17.1 Å². The molecule has 0 radical (unpaired) electrons. The second-order valence-corrected chi connectivity index (χ2v) is 5.90. The van der Waals surface area contributed by atoms with Crippen molar-refractivity contribution in [2.75, 3.05) is 6.61 Å². The summed E-state index contributed by atoms with van der Waals surface area (Å²) >= 11 is 0. The van der Waals surface area contributed by atoms with Gasteiger partial charge >= 0.3 is 6.09 Å². The molecule has 1 amide bonds. The molecule has 0 aliphatic rings. The summed E-state index contributed by atoms with van der Waals surface area (Å²) in [5, 5.41) is 1.11. The van der Waals surface area contributed by atoms with Crippen LogP contribution in [0, 0.1) is 11.8 Å². The Bertz CT molecular complexity index is 654. The molecule has 0 spiro atoms. The highest BCUT2D eigenvalue weighted by molar-refractivity contribution is 6.08. The van der Waals surface area contributed by atoms with E-state index in [1.807, 2.05) is 58.2 Å². The number of ether oxygens (including phenoxy) is 1. The molecule has 2 rings (SSSR count). The Morgan fingerprint density at radius 3 is 2.67 bits per heavy atom. The number of carbonyl (C=O) groups is 1. The van der Waals surface area contributed by atoms with Gasteiger partial charge in [-0.2, -0.15) is 4.99 Å². The lowest BCUT2D eigenvalue weighted by atomic mass is 9.99. The first-order valence-electron chi connectivity index (χ1n) is 7.30. The van der Waals surface area contributed by atoms with Crippen molar-refractivity contribution in [1.82, 2.24) is 4.98 Å². The molecule has 1 heterocycles. The van der Waals surface area contributed by atoms with Crippen molar-refractivity contribution in [3.8, 4) is 0 Å². The van der Waals surface area contributed by atoms with Crippen molar-refractivity contribution in [2.45, 2.75) is 27.7 Å². The van der Waals surface area contributed by atoms with Gasteiger partial charge in [-0.3, -0.25) is 0 Å². The minimum Gasteiger partial charge on any atom is -0.448 e. The van der Waals surface area contributed by atoms with Crippen molar-refractivity contribution < 1.29 is 9.53 Å². The lowest BCUT2D eigenvalue weighted by molar-refractivity contribution is 0.143. The first kappa shape index (κ1) is 15.3. The van der Waals surface area contributed by atoms with Crippen LogP contribution >= 0.6 is 0 Å². The van der Waals surface area contributed by atoms with Crippen LogP contribution in [0.15, 0.2) is 35.5 Å². The lowest BCUT2D eigenvalue weighted by Gasteiger charge is -2.11. The van der Waals surface area contributed by atoms with Crippen LogP contribution in [0.5, 0.6) is 0 Å². The van der Waals surface area contributed by atoms with Crippen LogP contribution in [-0.4, -0.2) is 23.4 Å². The molecule has 4 nitrogen and oxygen atoms in total. The average Bonchev–Trinajstić information content (AvgIpc) is 2.89. The molecule has 1 aromatic heterocycles. The molecule has 0 atom stereocenters. The Morgan fingerprint density at radius 2 is 2.00 bits per heavy atom. The number of carbonyl (C=O) groups excluding carboxylic acids is 1. The fraction of sp³-hybridized carbons (Fsp3) is 0.412. The monoisotopic (exact) mass is 286 g/mol. The molecule has 2 aromatic rings. The summed E-state index contributed by atoms with van der Waals surface area (Å²) in [6.07, 6.45) is 1.39. The summed E-state index contributed by atoms with van der Waals surface area (Å²) < 4.78 is 5.15. The third-order valence-corrected chi connectivity index (χ3v) is 3.15. The average molecular weight is 286 g/mol. The maximum absolute atomic E-state index is 11.8. The van der Waals surface area contributed by atoms with Crippen molar-refractivity contribution in [1.29, 1.82) is 0 Å². The summed E-state index contributed by atoms with van der Waals surface area (Å²) in [5.74, 6) is 0.454. The van der Waals surface area contributed by atoms with Crippen LogP contribution in [0.4, 0.5) is 4.79 Å². The van der Waals surface area contributed by atoms with Gasteiger partial charge in [0.2, 0.25) is 0 Å². The number of aliphatic imine (C=N–C) groups is 1. The normalized spacial score (nSPS) is 12.4.